The van der Waals surface area contributed by atoms with Crippen molar-refractivity contribution in [3.05, 3.63) is 37.9 Å². The van der Waals surface area contributed by atoms with E-state index < -0.39 is 15.6 Å². The molecule has 0 atom stereocenters. The molecule has 26 heavy (non-hydrogen) atoms. The summed E-state index contributed by atoms with van der Waals surface area (Å²) >= 11 is 1.20. The Morgan fingerprint density at radius 2 is 1.81 bits per heavy atom. The summed E-state index contributed by atoms with van der Waals surface area (Å²) in [7, 11) is 0. The number of aliphatic imine (C=N–C) groups is 1. The molecule has 11 heteroatoms. The maximum atomic E-state index is 11.4. The quantitative estimate of drug-likeness (QED) is 0.566. The number of amidine groups is 1. The molecule has 0 aliphatic carbocycles. The van der Waals surface area contributed by atoms with Crippen LogP contribution in [0.25, 0.3) is 0 Å². The van der Waals surface area contributed by atoms with Gasteiger partial charge in [-0.15, -0.1) is 0 Å². The average molecular weight is 380 g/mol. The number of rotatable bonds is 2. The number of non-ortho nitro benzene ring substituents is 1. The van der Waals surface area contributed by atoms with Gasteiger partial charge in [-0.25, -0.2) is 0 Å². The summed E-state index contributed by atoms with van der Waals surface area (Å²) in [4.78, 5) is 28.2. The third kappa shape index (κ3) is 3.02. The number of nitro groups is 2. The zero-order chi connectivity index (χ0) is 18.3. The van der Waals surface area contributed by atoms with Crippen LogP contribution in [-0.4, -0.2) is 52.0 Å². The lowest BCUT2D eigenvalue weighted by molar-refractivity contribution is -0.396. The lowest BCUT2D eigenvalue weighted by Gasteiger charge is -2.39. The molecule has 10 nitrogen and oxygen atoms in total. The van der Waals surface area contributed by atoms with Crippen LogP contribution in [0, 0.1) is 20.2 Å². The van der Waals surface area contributed by atoms with E-state index in [9.17, 15) is 20.2 Å². The first-order chi connectivity index (χ1) is 12.5. The SMILES string of the molecule is O=[N+]([O-])c1cc2c(c([N+](=O)[O-])c1)SC(N1CCC3(CC1)OCCO3)=NC2. The topological polar surface area (TPSA) is 120 Å². The molecule has 3 aliphatic heterocycles. The van der Waals surface area contributed by atoms with Gasteiger partial charge >= 0.3 is 0 Å². The summed E-state index contributed by atoms with van der Waals surface area (Å²) in [6, 6.07) is 2.38. The fourth-order valence-electron chi connectivity index (χ4n) is 3.40. The first-order valence-corrected chi connectivity index (χ1v) is 9.00. The third-order valence-corrected chi connectivity index (χ3v) is 5.97. The number of piperidine rings is 1. The smallest absolute Gasteiger partial charge is 0.290 e. The predicted octanol–water partition coefficient (Wildman–Crippen LogP) is 2.30. The molecule has 0 radical (unpaired) electrons. The normalized spacial score (nSPS) is 21.4. The maximum absolute atomic E-state index is 11.4. The Hall–Kier alpha value is -2.24. The molecule has 2 fully saturated rings. The number of nitro benzene ring substituents is 2. The largest absolute Gasteiger partial charge is 0.351 e. The van der Waals surface area contributed by atoms with E-state index in [-0.39, 0.29) is 17.9 Å². The number of benzene rings is 1. The van der Waals surface area contributed by atoms with Gasteiger partial charge in [0.25, 0.3) is 11.4 Å². The van der Waals surface area contributed by atoms with Gasteiger partial charge in [0.2, 0.25) is 0 Å². The zero-order valence-electron chi connectivity index (χ0n) is 13.8. The van der Waals surface area contributed by atoms with Crippen LogP contribution in [0.3, 0.4) is 0 Å². The molecule has 4 rings (SSSR count). The van der Waals surface area contributed by atoms with E-state index in [1.54, 1.807) is 0 Å². The Labute approximate surface area is 152 Å². The molecule has 1 spiro atoms. The van der Waals surface area contributed by atoms with E-state index in [0.29, 0.717) is 54.8 Å². The number of nitrogens with zero attached hydrogens (tertiary/aromatic N) is 4. The number of fused-ring (bicyclic) bond motifs is 1. The number of hydrogen-bond acceptors (Lipinski definition) is 9. The van der Waals surface area contributed by atoms with Gasteiger partial charge in [0.1, 0.15) is 0 Å². The molecule has 0 bridgehead atoms. The number of thioether (sulfide) groups is 1. The predicted molar refractivity (Wildman–Crippen MR) is 92.2 cm³/mol. The standard InChI is InChI=1S/C15H16N4O6S/c20-18(21)11-7-10-9-16-14(26-13(10)12(8-11)19(22)23)17-3-1-15(2-4-17)24-5-6-25-15/h7-8H,1-6,9H2. The molecular formula is C15H16N4O6S. The highest BCUT2D eigenvalue weighted by Crippen LogP contribution is 2.41. The van der Waals surface area contributed by atoms with Crippen LogP contribution in [0.1, 0.15) is 18.4 Å². The van der Waals surface area contributed by atoms with Gasteiger partial charge in [-0.2, -0.15) is 0 Å². The van der Waals surface area contributed by atoms with Gasteiger partial charge in [0.15, 0.2) is 11.0 Å². The average Bonchev–Trinajstić information content (AvgIpc) is 3.08. The first-order valence-electron chi connectivity index (χ1n) is 8.18. The minimum atomic E-state index is -0.622. The van der Waals surface area contributed by atoms with Crippen LogP contribution in [0.5, 0.6) is 0 Å². The van der Waals surface area contributed by atoms with Gasteiger partial charge in [-0.1, -0.05) is 0 Å². The molecular weight excluding hydrogens is 364 g/mol. The van der Waals surface area contributed by atoms with Gasteiger partial charge in [-0.05, 0) is 11.8 Å². The van der Waals surface area contributed by atoms with Gasteiger partial charge in [0.05, 0.1) is 40.6 Å². The lowest BCUT2D eigenvalue weighted by Crippen LogP contribution is -2.46. The van der Waals surface area contributed by atoms with Crippen LogP contribution >= 0.6 is 11.8 Å². The number of ether oxygens (including phenoxy) is 2. The molecule has 1 aromatic carbocycles. The summed E-state index contributed by atoms with van der Waals surface area (Å²) in [6.07, 6.45) is 1.42. The van der Waals surface area contributed by atoms with Crippen LogP contribution < -0.4 is 0 Å². The molecule has 0 unspecified atom stereocenters. The van der Waals surface area contributed by atoms with E-state index in [4.69, 9.17) is 9.47 Å². The first kappa shape index (κ1) is 17.2. The Morgan fingerprint density at radius 3 is 2.42 bits per heavy atom. The second-order valence-corrected chi connectivity index (χ2v) is 7.24. The molecule has 3 heterocycles. The molecule has 0 amide bonds. The van der Waals surface area contributed by atoms with Crippen molar-refractivity contribution in [2.24, 2.45) is 4.99 Å². The molecule has 1 aromatic rings. The fourth-order valence-corrected chi connectivity index (χ4v) is 4.51. The lowest BCUT2D eigenvalue weighted by atomic mass is 10.0. The van der Waals surface area contributed by atoms with Crippen molar-refractivity contribution in [3.63, 3.8) is 0 Å². The van der Waals surface area contributed by atoms with Crippen molar-refractivity contribution < 1.29 is 19.3 Å². The van der Waals surface area contributed by atoms with Crippen molar-refractivity contribution in [2.75, 3.05) is 26.3 Å². The van der Waals surface area contributed by atoms with E-state index in [0.717, 1.165) is 6.07 Å². The zero-order valence-corrected chi connectivity index (χ0v) is 14.6. The number of likely N-dealkylation sites (tertiary alicyclic amines) is 1. The van der Waals surface area contributed by atoms with Crippen molar-refractivity contribution in [1.29, 1.82) is 0 Å². The summed E-state index contributed by atoms with van der Waals surface area (Å²) in [5.41, 5.74) is -0.0247. The highest BCUT2D eigenvalue weighted by molar-refractivity contribution is 8.14. The maximum Gasteiger partial charge on any atom is 0.290 e. The summed E-state index contributed by atoms with van der Waals surface area (Å²) in [5.74, 6) is -0.499. The van der Waals surface area contributed by atoms with E-state index in [1.165, 1.54) is 17.8 Å². The second kappa shape index (κ2) is 6.49. The molecule has 0 saturated carbocycles. The van der Waals surface area contributed by atoms with Gasteiger partial charge < -0.3 is 14.4 Å². The molecule has 2 saturated heterocycles. The molecule has 138 valence electrons. The Balaban J connectivity index is 1.55. The van der Waals surface area contributed by atoms with E-state index >= 15 is 0 Å². The van der Waals surface area contributed by atoms with Gasteiger partial charge in [0, 0.05) is 37.6 Å². The summed E-state index contributed by atoms with van der Waals surface area (Å²) in [5, 5.41) is 23.1. The number of hydrogen-bond donors (Lipinski definition) is 0. The fraction of sp³-hybridized carbons (Fsp3) is 0.533. The monoisotopic (exact) mass is 380 g/mol. The second-order valence-electron chi connectivity index (χ2n) is 6.26. The van der Waals surface area contributed by atoms with Crippen molar-refractivity contribution in [2.45, 2.75) is 30.1 Å². The minimum Gasteiger partial charge on any atom is -0.351 e. The van der Waals surface area contributed by atoms with E-state index in [1.807, 2.05) is 0 Å². The van der Waals surface area contributed by atoms with Gasteiger partial charge in [-0.3, -0.25) is 25.2 Å². The Morgan fingerprint density at radius 1 is 1.12 bits per heavy atom. The minimum absolute atomic E-state index is 0.189. The Kier molecular flexibility index (Phi) is 4.29. The molecule has 0 N–H and O–H groups in total. The van der Waals surface area contributed by atoms with Crippen LogP contribution in [0.15, 0.2) is 22.0 Å². The Bertz CT molecular complexity index is 798. The van der Waals surface area contributed by atoms with Crippen molar-refractivity contribution in [1.82, 2.24) is 4.90 Å². The van der Waals surface area contributed by atoms with E-state index in [2.05, 4.69) is 9.89 Å². The van der Waals surface area contributed by atoms with Crippen LogP contribution in [0.4, 0.5) is 11.4 Å². The highest BCUT2D eigenvalue weighted by atomic mass is 32.2. The summed E-state index contributed by atoms with van der Waals surface area (Å²) in [6.45, 7) is 2.76. The van der Waals surface area contributed by atoms with Crippen LogP contribution in [-0.2, 0) is 16.0 Å². The van der Waals surface area contributed by atoms with Crippen molar-refractivity contribution >= 4 is 28.3 Å². The molecule has 0 aromatic heterocycles. The van der Waals surface area contributed by atoms with Crippen LogP contribution in [0.2, 0.25) is 0 Å². The molecule has 3 aliphatic rings. The van der Waals surface area contributed by atoms with Crippen molar-refractivity contribution in [3.8, 4) is 0 Å². The third-order valence-electron chi connectivity index (χ3n) is 4.73. The summed E-state index contributed by atoms with van der Waals surface area (Å²) < 4.78 is 11.4. The highest BCUT2D eigenvalue weighted by Gasteiger charge is 2.41.